The van der Waals surface area contributed by atoms with Gasteiger partial charge in [-0.15, -0.1) is 0 Å². The number of benzene rings is 3. The zero-order valence-corrected chi connectivity index (χ0v) is 11.3. The van der Waals surface area contributed by atoms with Crippen LogP contribution >= 0.6 is 0 Å². The van der Waals surface area contributed by atoms with Crippen molar-refractivity contribution in [3.05, 3.63) is 95.1 Å². The summed E-state index contributed by atoms with van der Waals surface area (Å²) in [4.78, 5) is 0. The van der Waals surface area contributed by atoms with E-state index in [0.717, 1.165) is 12.8 Å². The van der Waals surface area contributed by atoms with Crippen molar-refractivity contribution < 1.29 is 0 Å². The molecule has 95 valence electrons. The summed E-state index contributed by atoms with van der Waals surface area (Å²) in [5.41, 5.74) is 8.55. The maximum absolute atomic E-state index is 3.10. The minimum absolute atomic E-state index is 1.04. The van der Waals surface area contributed by atoms with Crippen LogP contribution in [0.5, 0.6) is 0 Å². The van der Waals surface area contributed by atoms with Crippen molar-refractivity contribution in [1.82, 2.24) is 0 Å². The Labute approximate surface area is 119 Å². The second-order valence-electron chi connectivity index (χ2n) is 5.35. The first-order valence-corrected chi connectivity index (χ1v) is 7.06. The molecule has 20 heavy (non-hydrogen) atoms. The molecule has 0 aliphatic heterocycles. The number of hydrogen-bond donors (Lipinski definition) is 0. The zero-order chi connectivity index (χ0) is 13.4. The van der Waals surface area contributed by atoms with Crippen LogP contribution in [0.15, 0.2) is 66.7 Å². The van der Waals surface area contributed by atoms with Gasteiger partial charge in [0.25, 0.3) is 0 Å². The lowest BCUT2D eigenvalue weighted by atomic mass is 9.82. The molecule has 0 unspecified atom stereocenters. The van der Waals surface area contributed by atoms with E-state index < -0.39 is 0 Å². The molecule has 0 nitrogen and oxygen atoms in total. The van der Waals surface area contributed by atoms with Crippen LogP contribution in [0.4, 0.5) is 0 Å². The average molecular weight is 255 g/mol. The Morgan fingerprint density at radius 1 is 0.650 bits per heavy atom. The van der Waals surface area contributed by atoms with Gasteiger partial charge in [-0.25, -0.2) is 0 Å². The van der Waals surface area contributed by atoms with Gasteiger partial charge in [0, 0.05) is 0 Å². The van der Waals surface area contributed by atoms with E-state index in [2.05, 4.69) is 60.7 Å². The largest absolute Gasteiger partial charge is 0.0620 e. The van der Waals surface area contributed by atoms with E-state index >= 15 is 0 Å². The molecule has 0 atom stereocenters. The first kappa shape index (κ1) is 11.5. The summed E-state index contributed by atoms with van der Waals surface area (Å²) >= 11 is 0. The number of hydrogen-bond acceptors (Lipinski definition) is 0. The Balaban J connectivity index is 1.87. The monoisotopic (exact) mass is 255 g/mol. The Hall–Kier alpha value is -2.34. The maximum atomic E-state index is 3.10. The molecule has 0 saturated carbocycles. The molecule has 4 rings (SSSR count). The molecule has 0 bridgehead atoms. The third kappa shape index (κ3) is 1.85. The van der Waals surface area contributed by atoms with Gasteiger partial charge in [0.05, 0.1) is 0 Å². The summed E-state index contributed by atoms with van der Waals surface area (Å²) in [6, 6.07) is 26.9. The minimum atomic E-state index is 1.04. The van der Waals surface area contributed by atoms with Gasteiger partial charge in [-0.2, -0.15) is 0 Å². The smallest absolute Gasteiger partial charge is 0.00139 e. The van der Waals surface area contributed by atoms with E-state index in [4.69, 9.17) is 0 Å². The van der Waals surface area contributed by atoms with E-state index in [9.17, 15) is 0 Å². The fourth-order valence-electron chi connectivity index (χ4n) is 3.14. The first-order valence-electron chi connectivity index (χ1n) is 7.06. The van der Waals surface area contributed by atoms with Crippen LogP contribution < -0.4 is 0 Å². The van der Waals surface area contributed by atoms with Crippen LogP contribution in [0.3, 0.4) is 0 Å². The molecule has 3 aromatic rings. The SMILES string of the molecule is [c]1ccc(-c2cccc3c2Cc2ccccc2C3)cc1. The van der Waals surface area contributed by atoms with Crippen molar-refractivity contribution in [2.75, 3.05) is 0 Å². The third-order valence-electron chi connectivity index (χ3n) is 4.17. The minimum Gasteiger partial charge on any atom is -0.0620 e. The molecule has 0 heteroatoms. The van der Waals surface area contributed by atoms with Crippen LogP contribution in [0.2, 0.25) is 0 Å². The van der Waals surface area contributed by atoms with Crippen molar-refractivity contribution >= 4 is 0 Å². The van der Waals surface area contributed by atoms with Gasteiger partial charge >= 0.3 is 0 Å². The molecular weight excluding hydrogens is 240 g/mol. The standard InChI is InChI=1S/C20H15/c1-2-7-15(8-3-1)19-12-6-11-18-13-16-9-4-5-10-17(16)14-20(18)19/h2-12H,13-14H2. The third-order valence-corrected chi connectivity index (χ3v) is 4.17. The highest BCUT2D eigenvalue weighted by molar-refractivity contribution is 5.70. The van der Waals surface area contributed by atoms with Gasteiger partial charge in [0.1, 0.15) is 0 Å². The van der Waals surface area contributed by atoms with Crippen molar-refractivity contribution in [1.29, 1.82) is 0 Å². The van der Waals surface area contributed by atoms with E-state index in [1.165, 1.54) is 33.4 Å². The van der Waals surface area contributed by atoms with Gasteiger partial charge in [-0.1, -0.05) is 66.7 Å². The lowest BCUT2D eigenvalue weighted by molar-refractivity contribution is 1.00. The summed E-state index contributed by atoms with van der Waals surface area (Å²) in [5.74, 6) is 0. The molecule has 1 radical (unpaired) electrons. The molecule has 3 aromatic carbocycles. The highest BCUT2D eigenvalue weighted by Crippen LogP contribution is 2.34. The number of rotatable bonds is 1. The lowest BCUT2D eigenvalue weighted by Gasteiger charge is -2.22. The Kier molecular flexibility index (Phi) is 2.67. The van der Waals surface area contributed by atoms with Crippen molar-refractivity contribution in [2.24, 2.45) is 0 Å². The Morgan fingerprint density at radius 2 is 1.35 bits per heavy atom. The van der Waals surface area contributed by atoms with Gasteiger partial charge in [-0.05, 0) is 52.3 Å². The van der Waals surface area contributed by atoms with Crippen molar-refractivity contribution in [3.8, 4) is 11.1 Å². The summed E-state index contributed by atoms with van der Waals surface area (Å²) in [6.07, 6.45) is 2.10. The molecule has 0 saturated heterocycles. The van der Waals surface area contributed by atoms with Crippen molar-refractivity contribution in [2.45, 2.75) is 12.8 Å². The van der Waals surface area contributed by atoms with Crippen molar-refractivity contribution in [3.63, 3.8) is 0 Å². The summed E-state index contributed by atoms with van der Waals surface area (Å²) in [7, 11) is 0. The van der Waals surface area contributed by atoms with Gasteiger partial charge in [0.2, 0.25) is 0 Å². The maximum Gasteiger partial charge on any atom is -0.00139 e. The van der Waals surface area contributed by atoms with Gasteiger partial charge in [-0.3, -0.25) is 0 Å². The fraction of sp³-hybridized carbons (Fsp3) is 0.100. The van der Waals surface area contributed by atoms with Crippen LogP contribution in [-0.2, 0) is 12.8 Å². The average Bonchev–Trinajstić information content (AvgIpc) is 2.53. The molecule has 0 fully saturated rings. The van der Waals surface area contributed by atoms with E-state index in [-0.39, 0.29) is 0 Å². The predicted molar refractivity (Wildman–Crippen MR) is 82.8 cm³/mol. The van der Waals surface area contributed by atoms with Crippen LogP contribution in [0.25, 0.3) is 11.1 Å². The summed E-state index contributed by atoms with van der Waals surface area (Å²) in [6.45, 7) is 0. The van der Waals surface area contributed by atoms with Crippen LogP contribution in [0.1, 0.15) is 22.3 Å². The fourth-order valence-corrected chi connectivity index (χ4v) is 3.14. The van der Waals surface area contributed by atoms with Gasteiger partial charge < -0.3 is 0 Å². The molecule has 0 amide bonds. The lowest BCUT2D eigenvalue weighted by Crippen LogP contribution is -2.08. The van der Waals surface area contributed by atoms with Crippen LogP contribution in [-0.4, -0.2) is 0 Å². The molecule has 1 aliphatic carbocycles. The normalized spacial score (nSPS) is 12.6. The molecule has 1 aliphatic rings. The Morgan fingerprint density at radius 3 is 2.15 bits per heavy atom. The zero-order valence-electron chi connectivity index (χ0n) is 11.3. The van der Waals surface area contributed by atoms with E-state index in [1.54, 1.807) is 0 Å². The predicted octanol–water partition coefficient (Wildman–Crippen LogP) is 4.65. The second-order valence-corrected chi connectivity index (χ2v) is 5.35. The molecule has 0 N–H and O–H groups in total. The quantitative estimate of drug-likeness (QED) is 0.464. The highest BCUT2D eigenvalue weighted by Gasteiger charge is 2.17. The highest BCUT2D eigenvalue weighted by atomic mass is 14.2. The van der Waals surface area contributed by atoms with Gasteiger partial charge in [0.15, 0.2) is 0 Å². The molecular formula is C20H15. The van der Waals surface area contributed by atoms with Crippen LogP contribution in [0, 0.1) is 6.07 Å². The molecule has 0 aromatic heterocycles. The summed E-state index contributed by atoms with van der Waals surface area (Å²) < 4.78 is 0. The summed E-state index contributed by atoms with van der Waals surface area (Å²) in [5, 5.41) is 0. The second kappa shape index (κ2) is 4.64. The molecule has 0 spiro atoms. The first-order chi connectivity index (χ1) is 9.92. The molecule has 0 heterocycles. The Bertz CT molecular complexity index is 754. The van der Waals surface area contributed by atoms with E-state index in [0.29, 0.717) is 0 Å². The van der Waals surface area contributed by atoms with E-state index in [1.807, 2.05) is 12.1 Å². The number of fused-ring (bicyclic) bond motifs is 2. The topological polar surface area (TPSA) is 0 Å².